The lowest BCUT2D eigenvalue weighted by atomic mass is 9.95. The highest BCUT2D eigenvalue weighted by Crippen LogP contribution is 2.20. The van der Waals surface area contributed by atoms with Gasteiger partial charge in [-0.2, -0.15) is 4.89 Å². The van der Waals surface area contributed by atoms with Gasteiger partial charge in [0.15, 0.2) is 0 Å². The predicted octanol–water partition coefficient (Wildman–Crippen LogP) is 3.16. The summed E-state index contributed by atoms with van der Waals surface area (Å²) < 4.78 is 9.95. The molecule has 20 heavy (non-hydrogen) atoms. The third-order valence-electron chi connectivity index (χ3n) is 2.87. The molecule has 0 saturated heterocycles. The molecule has 5 heteroatoms. The molecule has 0 aliphatic heterocycles. The molecule has 3 radical (unpaired) electrons. The minimum atomic E-state index is -0.786. The quantitative estimate of drug-likeness (QED) is 0.171. The molecule has 0 rings (SSSR count). The van der Waals surface area contributed by atoms with Crippen molar-refractivity contribution in [3.63, 3.8) is 0 Å². The van der Waals surface area contributed by atoms with Gasteiger partial charge in [-0.1, -0.05) is 13.8 Å². The van der Waals surface area contributed by atoms with Crippen molar-refractivity contribution in [1.29, 1.82) is 0 Å². The summed E-state index contributed by atoms with van der Waals surface area (Å²) in [5.41, 5.74) is -0.213. The highest BCUT2D eigenvalue weighted by molar-refractivity contribution is 5.87. The van der Waals surface area contributed by atoms with E-state index in [2.05, 4.69) is 0 Å². The van der Waals surface area contributed by atoms with Gasteiger partial charge in [-0.05, 0) is 40.5 Å². The molecular formula is C15H25O5. The van der Waals surface area contributed by atoms with Gasteiger partial charge in [0.2, 0.25) is 6.29 Å². The van der Waals surface area contributed by atoms with Gasteiger partial charge >= 0.3 is 5.97 Å². The second kappa shape index (κ2) is 8.27. The molecular weight excluding hydrogens is 260 g/mol. The van der Waals surface area contributed by atoms with E-state index < -0.39 is 24.0 Å². The zero-order valence-corrected chi connectivity index (χ0v) is 13.4. The Morgan fingerprint density at radius 3 is 2.20 bits per heavy atom. The SMILES string of the molecule is [C]C(C)OC(C)OC(=O)C(C)=COOC(C)(C)C(C)C. The van der Waals surface area contributed by atoms with Gasteiger partial charge in [0.1, 0.15) is 11.9 Å². The molecule has 115 valence electrons. The Morgan fingerprint density at radius 1 is 1.20 bits per heavy atom. The summed E-state index contributed by atoms with van der Waals surface area (Å²) in [5.74, 6) is -0.320. The number of hydrogen-bond acceptors (Lipinski definition) is 5. The third-order valence-corrected chi connectivity index (χ3v) is 2.87. The van der Waals surface area contributed by atoms with Crippen LogP contribution in [-0.2, 0) is 24.0 Å². The fourth-order valence-corrected chi connectivity index (χ4v) is 0.923. The van der Waals surface area contributed by atoms with Gasteiger partial charge < -0.3 is 14.4 Å². The first-order valence-corrected chi connectivity index (χ1v) is 6.65. The largest absolute Gasteiger partial charge is 0.433 e. The first-order valence-electron chi connectivity index (χ1n) is 6.65. The highest BCUT2D eigenvalue weighted by atomic mass is 17.2. The number of carbonyl (C=O) groups excluding carboxylic acids is 1. The van der Waals surface area contributed by atoms with Gasteiger partial charge in [0.25, 0.3) is 0 Å². The Labute approximate surface area is 122 Å². The number of rotatable bonds is 8. The number of carbonyl (C=O) groups is 1. The summed E-state index contributed by atoms with van der Waals surface area (Å²) in [6.07, 6.45) is -0.344. The maximum Gasteiger partial charge on any atom is 0.339 e. The van der Waals surface area contributed by atoms with Crippen molar-refractivity contribution in [2.45, 2.75) is 66.5 Å². The molecule has 0 aromatic carbocycles. The van der Waals surface area contributed by atoms with Crippen LogP contribution < -0.4 is 0 Å². The van der Waals surface area contributed by atoms with Crippen LogP contribution in [0.4, 0.5) is 0 Å². The van der Waals surface area contributed by atoms with E-state index >= 15 is 0 Å². The molecule has 0 amide bonds. The predicted molar refractivity (Wildman–Crippen MR) is 74.2 cm³/mol. The van der Waals surface area contributed by atoms with E-state index in [1.54, 1.807) is 13.8 Å². The summed E-state index contributed by atoms with van der Waals surface area (Å²) in [7, 11) is 0. The Kier molecular flexibility index (Phi) is 7.83. The summed E-state index contributed by atoms with van der Waals surface area (Å²) >= 11 is 0. The Morgan fingerprint density at radius 2 is 1.75 bits per heavy atom. The maximum atomic E-state index is 11.7. The van der Waals surface area contributed by atoms with Crippen molar-refractivity contribution in [3.05, 3.63) is 18.8 Å². The van der Waals surface area contributed by atoms with Crippen molar-refractivity contribution in [1.82, 2.24) is 0 Å². The monoisotopic (exact) mass is 285 g/mol. The van der Waals surface area contributed by atoms with E-state index in [1.165, 1.54) is 13.2 Å². The van der Waals surface area contributed by atoms with Gasteiger partial charge in [-0.15, -0.1) is 0 Å². The minimum absolute atomic E-state index is 0.248. The standard InChI is InChI=1S/C15H25O5/c1-10(2)15(7,8)20-17-9-12(5)14(16)19-13(6)18-11(3)4/h9-11,13H,1-3,5-8H3. The van der Waals surface area contributed by atoms with Gasteiger partial charge in [0.05, 0.1) is 11.7 Å². The van der Waals surface area contributed by atoms with Crippen LogP contribution in [0, 0.1) is 12.8 Å². The molecule has 0 spiro atoms. The molecule has 0 saturated carbocycles. The maximum absolute atomic E-state index is 11.7. The lowest BCUT2D eigenvalue weighted by molar-refractivity contribution is -0.327. The topological polar surface area (TPSA) is 54.0 Å². The molecule has 0 aromatic rings. The second-order valence-corrected chi connectivity index (χ2v) is 5.49. The minimum Gasteiger partial charge on any atom is -0.433 e. The van der Waals surface area contributed by atoms with Crippen molar-refractivity contribution < 1.29 is 24.0 Å². The molecule has 0 heterocycles. The van der Waals surface area contributed by atoms with Gasteiger partial charge in [-0.25, -0.2) is 4.79 Å². The van der Waals surface area contributed by atoms with E-state index in [4.69, 9.17) is 26.2 Å². The van der Waals surface area contributed by atoms with Gasteiger partial charge in [-0.3, -0.25) is 0 Å². The lowest BCUT2D eigenvalue weighted by Crippen LogP contribution is -2.30. The van der Waals surface area contributed by atoms with E-state index in [1.807, 2.05) is 27.7 Å². The molecule has 2 unspecified atom stereocenters. The van der Waals surface area contributed by atoms with Crippen LogP contribution >= 0.6 is 0 Å². The third kappa shape index (κ3) is 7.50. The number of ether oxygens (including phenoxy) is 2. The highest BCUT2D eigenvalue weighted by Gasteiger charge is 2.25. The van der Waals surface area contributed by atoms with Crippen LogP contribution in [0.1, 0.15) is 48.5 Å². The zero-order chi connectivity index (χ0) is 15.9. The Balaban J connectivity index is 4.27. The van der Waals surface area contributed by atoms with E-state index in [0.717, 1.165) is 0 Å². The molecule has 0 bridgehead atoms. The van der Waals surface area contributed by atoms with E-state index in [-0.39, 0.29) is 11.5 Å². The summed E-state index contributed by atoms with van der Waals surface area (Å²) in [6, 6.07) is 0. The first kappa shape index (κ1) is 18.9. The molecule has 2 atom stereocenters. The molecule has 0 aromatic heterocycles. The molecule has 0 N–H and O–H groups in total. The van der Waals surface area contributed by atoms with Crippen molar-refractivity contribution in [2.75, 3.05) is 0 Å². The number of esters is 1. The van der Waals surface area contributed by atoms with Crippen LogP contribution in [0.15, 0.2) is 11.8 Å². The average Bonchev–Trinajstić information content (AvgIpc) is 2.26. The Bertz CT molecular complexity index is 331. The van der Waals surface area contributed by atoms with Crippen molar-refractivity contribution in [3.8, 4) is 0 Å². The van der Waals surface area contributed by atoms with Crippen LogP contribution in [0.2, 0.25) is 0 Å². The zero-order valence-electron chi connectivity index (χ0n) is 13.4. The smallest absolute Gasteiger partial charge is 0.339 e. The Hall–Kier alpha value is -1.07. The molecule has 0 aliphatic rings. The van der Waals surface area contributed by atoms with E-state index in [9.17, 15) is 4.79 Å². The fourth-order valence-electron chi connectivity index (χ4n) is 0.923. The van der Waals surface area contributed by atoms with Crippen LogP contribution in [0.5, 0.6) is 0 Å². The molecule has 0 aliphatic carbocycles. The van der Waals surface area contributed by atoms with Crippen molar-refractivity contribution in [2.24, 2.45) is 5.92 Å². The second-order valence-electron chi connectivity index (χ2n) is 5.49. The molecule has 0 fully saturated rings. The summed E-state index contributed by atoms with van der Waals surface area (Å²) in [6.45, 7) is 19.6. The summed E-state index contributed by atoms with van der Waals surface area (Å²) in [4.78, 5) is 21.9. The average molecular weight is 285 g/mol. The fraction of sp³-hybridized carbons (Fsp3) is 0.733. The van der Waals surface area contributed by atoms with E-state index in [0.29, 0.717) is 0 Å². The van der Waals surface area contributed by atoms with Gasteiger partial charge in [0, 0.05) is 6.92 Å². The summed E-state index contributed by atoms with van der Waals surface area (Å²) in [5, 5.41) is 0. The van der Waals surface area contributed by atoms with Crippen LogP contribution in [0.3, 0.4) is 0 Å². The van der Waals surface area contributed by atoms with Crippen LogP contribution in [-0.4, -0.2) is 24.0 Å². The molecule has 5 nitrogen and oxygen atoms in total. The lowest BCUT2D eigenvalue weighted by Gasteiger charge is -2.26. The normalized spacial score (nSPS) is 14.6. The van der Waals surface area contributed by atoms with Crippen molar-refractivity contribution >= 4 is 5.97 Å². The number of hydrogen-bond donors (Lipinski definition) is 0. The van der Waals surface area contributed by atoms with Crippen LogP contribution in [0.25, 0.3) is 0 Å². The first-order chi connectivity index (χ1) is 9.06.